The van der Waals surface area contributed by atoms with E-state index in [-0.39, 0.29) is 28.8 Å². The third-order valence-electron chi connectivity index (χ3n) is 13.2. The molecule has 43 heavy (non-hydrogen) atoms. The Morgan fingerprint density at radius 3 is 2.21 bits per heavy atom. The molecule has 0 radical (unpaired) electrons. The van der Waals surface area contributed by atoms with Crippen LogP contribution in [0.25, 0.3) is 0 Å². The lowest BCUT2D eigenvalue weighted by molar-refractivity contribution is -0.164. The quantitative estimate of drug-likeness (QED) is 0.110. The van der Waals surface area contributed by atoms with Crippen molar-refractivity contribution in [3.63, 3.8) is 0 Å². The molecule has 3 aliphatic carbocycles. The maximum atomic E-state index is 13.5. The first-order chi connectivity index (χ1) is 20.2. The van der Waals surface area contributed by atoms with Gasteiger partial charge in [0.2, 0.25) is 0 Å². The van der Waals surface area contributed by atoms with Gasteiger partial charge in [0.1, 0.15) is 12.6 Å². The molecule has 0 amide bonds. The number of hydrogen-bond acceptors (Lipinski definition) is 5. The third kappa shape index (κ3) is 6.60. The highest BCUT2D eigenvalue weighted by Gasteiger charge is 2.59. The molecule has 2 saturated carbocycles. The molecular weight excluding hydrogens is 552 g/mol. The Morgan fingerprint density at radius 2 is 1.58 bits per heavy atom. The number of ether oxygens (including phenoxy) is 3. The van der Waals surface area contributed by atoms with Crippen molar-refractivity contribution in [3.05, 3.63) is 11.3 Å². The van der Waals surface area contributed by atoms with Crippen LogP contribution in [0.2, 0.25) is 16.6 Å². The minimum absolute atomic E-state index is 0.0107. The molecule has 0 bridgehead atoms. The molecule has 2 fully saturated rings. The van der Waals surface area contributed by atoms with Crippen molar-refractivity contribution in [1.29, 1.82) is 0 Å². The largest absolute Gasteiger partial charge is 0.431 e. The van der Waals surface area contributed by atoms with Gasteiger partial charge in [0.05, 0.1) is 12.0 Å². The summed E-state index contributed by atoms with van der Waals surface area (Å²) >= 11 is 0. The Kier molecular flexibility index (Phi) is 11.4. The van der Waals surface area contributed by atoms with Gasteiger partial charge in [-0.3, -0.25) is 4.79 Å². The number of fused-ring (bicyclic) bond motifs is 4. The fraction of sp³-hybridized carbons (Fsp3) is 0.919. The maximum absolute atomic E-state index is 13.5. The SMILES string of the molecule is COCOC1CC[C@]2(C)C3=C(OC(=O)C2C1)[C@@H]1CC[C@H]([C@H](C)CCCC(C)CO[Si](C(C)C)(C(C)C)C(C)C)[C@@]1(C)CC3. The van der Waals surface area contributed by atoms with Gasteiger partial charge in [0.25, 0.3) is 0 Å². The number of esters is 1. The minimum Gasteiger partial charge on any atom is -0.431 e. The van der Waals surface area contributed by atoms with Crippen molar-refractivity contribution in [1.82, 2.24) is 0 Å². The lowest BCUT2D eigenvalue weighted by Crippen LogP contribution is -2.50. The molecule has 0 N–H and O–H groups in total. The fourth-order valence-corrected chi connectivity index (χ4v) is 16.3. The molecule has 4 aliphatic rings. The van der Waals surface area contributed by atoms with Crippen LogP contribution >= 0.6 is 0 Å². The molecule has 0 aromatic rings. The molecule has 1 heterocycles. The van der Waals surface area contributed by atoms with Gasteiger partial charge in [0.15, 0.2) is 8.32 Å². The topological polar surface area (TPSA) is 54.0 Å². The molecule has 0 aromatic heterocycles. The summed E-state index contributed by atoms with van der Waals surface area (Å²) in [6.45, 7) is 25.3. The third-order valence-corrected chi connectivity index (χ3v) is 19.2. The van der Waals surface area contributed by atoms with E-state index in [0.29, 0.717) is 47.1 Å². The summed E-state index contributed by atoms with van der Waals surface area (Å²) in [5.74, 6) is 3.37. The number of rotatable bonds is 14. The van der Waals surface area contributed by atoms with Gasteiger partial charge in [-0.2, -0.15) is 0 Å². The summed E-state index contributed by atoms with van der Waals surface area (Å²) in [4.78, 5) is 13.5. The molecule has 0 spiro atoms. The van der Waals surface area contributed by atoms with Gasteiger partial charge in [0, 0.05) is 25.0 Å². The molecule has 3 unspecified atom stereocenters. The highest BCUT2D eigenvalue weighted by molar-refractivity contribution is 6.77. The standard InChI is InChI=1S/C37H66O5Si/c1-24(2)43(25(3)4,26(5)6)41-22-27(7)13-12-14-28(8)30-15-16-31-34-32(18-20-36(30,31)9)37(10)19-17-29(40-23-39-11)21-33(37)35(38)42-34/h24-31,33H,12-23H2,1-11H3/t27?,28-,29?,30-,31+,33?,36-,37-/m1/s1. The summed E-state index contributed by atoms with van der Waals surface area (Å²) in [5, 5.41) is 0. The van der Waals surface area contributed by atoms with E-state index in [1.807, 2.05) is 0 Å². The fourth-order valence-electron chi connectivity index (χ4n) is 10.8. The molecule has 1 aliphatic heterocycles. The van der Waals surface area contributed by atoms with Crippen LogP contribution in [0.5, 0.6) is 0 Å². The highest BCUT2D eigenvalue weighted by Crippen LogP contribution is 2.65. The second-order valence-electron chi connectivity index (χ2n) is 16.6. The van der Waals surface area contributed by atoms with Crippen LogP contribution in [0.4, 0.5) is 0 Å². The average Bonchev–Trinajstić information content (AvgIpc) is 3.29. The van der Waals surface area contributed by atoms with E-state index in [1.54, 1.807) is 7.11 Å². The molecule has 4 rings (SSSR count). The zero-order valence-corrected chi connectivity index (χ0v) is 30.7. The van der Waals surface area contributed by atoms with Gasteiger partial charge < -0.3 is 18.6 Å². The van der Waals surface area contributed by atoms with Crippen molar-refractivity contribution in [2.45, 2.75) is 156 Å². The van der Waals surface area contributed by atoms with Crippen molar-refractivity contribution in [2.24, 2.45) is 40.4 Å². The van der Waals surface area contributed by atoms with Gasteiger partial charge in [-0.1, -0.05) is 82.1 Å². The van der Waals surface area contributed by atoms with Crippen molar-refractivity contribution in [3.8, 4) is 0 Å². The average molecular weight is 619 g/mol. The second kappa shape index (κ2) is 14.0. The van der Waals surface area contributed by atoms with E-state index in [0.717, 1.165) is 44.5 Å². The first-order valence-electron chi connectivity index (χ1n) is 17.9. The zero-order chi connectivity index (χ0) is 31.7. The number of carbonyl (C=O) groups excluding carboxylic acids is 1. The van der Waals surface area contributed by atoms with E-state index < -0.39 is 8.32 Å². The first kappa shape index (κ1) is 35.2. The van der Waals surface area contributed by atoms with E-state index in [4.69, 9.17) is 18.6 Å². The predicted molar refractivity (Wildman–Crippen MR) is 178 cm³/mol. The summed E-state index contributed by atoms with van der Waals surface area (Å²) in [6, 6.07) is 0. The van der Waals surface area contributed by atoms with E-state index in [9.17, 15) is 4.79 Å². The monoisotopic (exact) mass is 618 g/mol. The lowest BCUT2D eigenvalue weighted by atomic mass is 9.54. The molecule has 248 valence electrons. The van der Waals surface area contributed by atoms with Crippen LogP contribution in [-0.4, -0.2) is 40.9 Å². The minimum atomic E-state index is -1.80. The molecule has 6 heteroatoms. The van der Waals surface area contributed by atoms with Gasteiger partial charge in [-0.15, -0.1) is 0 Å². The van der Waals surface area contributed by atoms with Crippen LogP contribution in [0.1, 0.15) is 133 Å². The Bertz CT molecular complexity index is 968. The molecule has 0 aromatic carbocycles. The number of methoxy groups -OCH3 is 1. The number of allylic oxidation sites excluding steroid dienone is 2. The summed E-state index contributed by atoms with van der Waals surface area (Å²) in [5.41, 5.74) is 3.54. The Morgan fingerprint density at radius 1 is 0.907 bits per heavy atom. The number of hydrogen-bond donors (Lipinski definition) is 0. The Balaban J connectivity index is 1.35. The van der Waals surface area contributed by atoms with Gasteiger partial charge in [-0.25, -0.2) is 0 Å². The highest BCUT2D eigenvalue weighted by atomic mass is 28.4. The summed E-state index contributed by atoms with van der Waals surface area (Å²) in [7, 11) is -0.143. The molecular formula is C37H66O5Si. The first-order valence-corrected chi connectivity index (χ1v) is 20.1. The van der Waals surface area contributed by atoms with Gasteiger partial charge >= 0.3 is 5.97 Å². The zero-order valence-electron chi connectivity index (χ0n) is 29.7. The van der Waals surface area contributed by atoms with Crippen LogP contribution in [-0.2, 0) is 23.4 Å². The van der Waals surface area contributed by atoms with E-state index in [2.05, 4.69) is 69.2 Å². The second-order valence-corrected chi connectivity index (χ2v) is 22.0. The molecule has 5 nitrogen and oxygen atoms in total. The summed E-state index contributed by atoms with van der Waals surface area (Å²) in [6.07, 6.45) is 11.3. The smallest absolute Gasteiger partial charge is 0.315 e. The van der Waals surface area contributed by atoms with Crippen LogP contribution in [0, 0.1) is 40.4 Å². The van der Waals surface area contributed by atoms with Crippen molar-refractivity contribution >= 4 is 14.3 Å². The van der Waals surface area contributed by atoms with Gasteiger partial charge in [-0.05, 0) is 96.7 Å². The van der Waals surface area contributed by atoms with E-state index in [1.165, 1.54) is 37.7 Å². The Hall–Kier alpha value is -0.693. The van der Waals surface area contributed by atoms with Crippen molar-refractivity contribution in [2.75, 3.05) is 20.5 Å². The predicted octanol–water partition coefficient (Wildman–Crippen LogP) is 10.1. The van der Waals surface area contributed by atoms with Crippen LogP contribution in [0.3, 0.4) is 0 Å². The van der Waals surface area contributed by atoms with Crippen molar-refractivity contribution < 1.29 is 23.4 Å². The molecule has 0 saturated heterocycles. The van der Waals surface area contributed by atoms with Crippen LogP contribution < -0.4 is 0 Å². The van der Waals surface area contributed by atoms with Crippen LogP contribution in [0.15, 0.2) is 11.3 Å². The summed E-state index contributed by atoms with van der Waals surface area (Å²) < 4.78 is 24.3. The number of carbonyl (C=O) groups is 1. The molecule has 8 atom stereocenters. The normalized spacial score (nSPS) is 34.3. The maximum Gasteiger partial charge on any atom is 0.315 e. The van der Waals surface area contributed by atoms with E-state index >= 15 is 0 Å². The Labute approximate surface area is 265 Å². The lowest BCUT2D eigenvalue weighted by Gasteiger charge is -2.53.